The molecular weight excluding hydrogens is 266 g/mol. The first-order valence-corrected chi connectivity index (χ1v) is 7.45. The molecule has 2 rings (SSSR count). The van der Waals surface area contributed by atoms with Crippen molar-refractivity contribution < 1.29 is 9.47 Å². The lowest BCUT2D eigenvalue weighted by atomic mass is 10.2. The topological polar surface area (TPSA) is 54.9 Å². The molecule has 0 heterocycles. The second kappa shape index (κ2) is 7.76. The zero-order valence-electron chi connectivity index (χ0n) is 13.1. The van der Waals surface area contributed by atoms with Crippen LogP contribution in [0.15, 0.2) is 23.2 Å². The van der Waals surface area contributed by atoms with E-state index in [9.17, 15) is 0 Å². The van der Waals surface area contributed by atoms with Crippen LogP contribution in [-0.2, 0) is 6.54 Å². The normalized spacial score (nSPS) is 15.9. The highest BCUT2D eigenvalue weighted by Gasteiger charge is 2.16. The van der Waals surface area contributed by atoms with Crippen LogP contribution in [0, 0.1) is 0 Å². The molecule has 0 aliphatic heterocycles. The largest absolute Gasteiger partial charge is 0.497 e. The van der Waals surface area contributed by atoms with Crippen molar-refractivity contribution in [3.63, 3.8) is 0 Å². The van der Waals surface area contributed by atoms with E-state index in [1.807, 2.05) is 18.2 Å². The first-order valence-electron chi connectivity index (χ1n) is 7.45. The van der Waals surface area contributed by atoms with Gasteiger partial charge in [0.05, 0.1) is 14.2 Å². The Kier molecular flexibility index (Phi) is 5.72. The summed E-state index contributed by atoms with van der Waals surface area (Å²) in [6.07, 6.45) is 5.07. The Balaban J connectivity index is 1.94. The average Bonchev–Trinajstić information content (AvgIpc) is 3.04. The van der Waals surface area contributed by atoms with E-state index in [1.54, 1.807) is 21.3 Å². The van der Waals surface area contributed by atoms with Crippen LogP contribution in [0.2, 0.25) is 0 Å². The van der Waals surface area contributed by atoms with E-state index in [-0.39, 0.29) is 0 Å². The summed E-state index contributed by atoms with van der Waals surface area (Å²) in [5.74, 6) is 2.46. The minimum atomic E-state index is 0.550. The molecule has 0 bridgehead atoms. The van der Waals surface area contributed by atoms with Crippen molar-refractivity contribution in [2.75, 3.05) is 21.3 Å². The molecule has 5 nitrogen and oxygen atoms in total. The number of benzene rings is 1. The van der Waals surface area contributed by atoms with Crippen LogP contribution in [0.5, 0.6) is 11.5 Å². The number of hydrogen-bond donors (Lipinski definition) is 2. The Morgan fingerprint density at radius 1 is 1.24 bits per heavy atom. The van der Waals surface area contributed by atoms with E-state index in [0.29, 0.717) is 12.6 Å². The van der Waals surface area contributed by atoms with Crippen LogP contribution in [0.25, 0.3) is 0 Å². The number of aliphatic imine (C=N–C) groups is 1. The molecule has 1 aromatic rings. The monoisotopic (exact) mass is 291 g/mol. The smallest absolute Gasteiger partial charge is 0.191 e. The molecule has 21 heavy (non-hydrogen) atoms. The van der Waals surface area contributed by atoms with E-state index in [2.05, 4.69) is 15.6 Å². The third-order valence-electron chi connectivity index (χ3n) is 3.86. The number of ether oxygens (including phenoxy) is 2. The first-order chi connectivity index (χ1) is 10.3. The molecule has 1 aromatic carbocycles. The highest BCUT2D eigenvalue weighted by Crippen LogP contribution is 2.24. The average molecular weight is 291 g/mol. The standard InChI is InChI=1S/C16H25N3O2/c1-17-16(19-13-6-4-5-7-13)18-11-12-8-9-14(20-2)10-15(12)21-3/h8-10,13H,4-7,11H2,1-3H3,(H2,17,18,19). The van der Waals surface area contributed by atoms with E-state index >= 15 is 0 Å². The van der Waals surface area contributed by atoms with Crippen molar-refractivity contribution in [1.82, 2.24) is 10.6 Å². The van der Waals surface area contributed by atoms with Gasteiger partial charge in [-0.05, 0) is 25.0 Å². The minimum Gasteiger partial charge on any atom is -0.497 e. The van der Waals surface area contributed by atoms with Gasteiger partial charge in [-0.1, -0.05) is 12.8 Å². The Morgan fingerprint density at radius 2 is 2.00 bits per heavy atom. The maximum Gasteiger partial charge on any atom is 0.191 e. The summed E-state index contributed by atoms with van der Waals surface area (Å²) in [5, 5.41) is 6.81. The second-order valence-electron chi connectivity index (χ2n) is 5.23. The number of hydrogen-bond acceptors (Lipinski definition) is 3. The number of guanidine groups is 1. The molecule has 116 valence electrons. The molecule has 1 fully saturated rings. The predicted molar refractivity (Wildman–Crippen MR) is 85.1 cm³/mol. The van der Waals surface area contributed by atoms with Crippen molar-refractivity contribution in [1.29, 1.82) is 0 Å². The number of nitrogens with zero attached hydrogens (tertiary/aromatic N) is 1. The molecule has 0 unspecified atom stereocenters. The maximum absolute atomic E-state index is 5.41. The van der Waals surface area contributed by atoms with Gasteiger partial charge in [0.15, 0.2) is 5.96 Å². The first kappa shape index (κ1) is 15.5. The van der Waals surface area contributed by atoms with E-state index < -0.39 is 0 Å². The molecule has 0 spiro atoms. The lowest BCUT2D eigenvalue weighted by molar-refractivity contribution is 0.390. The van der Waals surface area contributed by atoms with Gasteiger partial charge in [0.2, 0.25) is 0 Å². The van der Waals surface area contributed by atoms with Gasteiger partial charge in [-0.25, -0.2) is 0 Å². The molecule has 5 heteroatoms. The predicted octanol–water partition coefficient (Wildman–Crippen LogP) is 2.31. The third kappa shape index (κ3) is 4.28. The second-order valence-corrected chi connectivity index (χ2v) is 5.23. The Bertz CT molecular complexity index is 482. The van der Waals surface area contributed by atoms with Gasteiger partial charge in [-0.15, -0.1) is 0 Å². The van der Waals surface area contributed by atoms with Crippen molar-refractivity contribution in [3.8, 4) is 11.5 Å². The molecule has 2 N–H and O–H groups in total. The molecule has 1 aliphatic carbocycles. The SMILES string of the molecule is CN=C(NCc1ccc(OC)cc1OC)NC1CCCC1. The Morgan fingerprint density at radius 3 is 2.62 bits per heavy atom. The zero-order valence-corrected chi connectivity index (χ0v) is 13.1. The summed E-state index contributed by atoms with van der Waals surface area (Å²) >= 11 is 0. The molecule has 0 aromatic heterocycles. The highest BCUT2D eigenvalue weighted by molar-refractivity contribution is 5.80. The summed E-state index contributed by atoms with van der Waals surface area (Å²) in [6.45, 7) is 0.666. The van der Waals surface area contributed by atoms with Gasteiger partial charge in [-0.3, -0.25) is 4.99 Å². The summed E-state index contributed by atoms with van der Waals surface area (Å²) < 4.78 is 10.6. The number of nitrogens with one attached hydrogen (secondary N) is 2. The summed E-state index contributed by atoms with van der Waals surface area (Å²) in [4.78, 5) is 4.28. The molecule has 1 aliphatic rings. The lowest BCUT2D eigenvalue weighted by Gasteiger charge is -2.18. The molecule has 1 saturated carbocycles. The Labute approximate surface area is 126 Å². The van der Waals surface area contributed by atoms with Crippen molar-refractivity contribution >= 4 is 5.96 Å². The minimum absolute atomic E-state index is 0.550. The van der Waals surface area contributed by atoms with Gasteiger partial charge < -0.3 is 20.1 Å². The van der Waals surface area contributed by atoms with E-state index in [1.165, 1.54) is 25.7 Å². The maximum atomic E-state index is 5.41. The van der Waals surface area contributed by atoms with Crippen LogP contribution < -0.4 is 20.1 Å². The fourth-order valence-corrected chi connectivity index (χ4v) is 2.63. The fraction of sp³-hybridized carbons (Fsp3) is 0.562. The van der Waals surface area contributed by atoms with Crippen LogP contribution >= 0.6 is 0 Å². The van der Waals surface area contributed by atoms with Gasteiger partial charge >= 0.3 is 0 Å². The molecule has 0 saturated heterocycles. The lowest BCUT2D eigenvalue weighted by Crippen LogP contribution is -2.41. The number of rotatable bonds is 5. The van der Waals surface area contributed by atoms with Crippen molar-refractivity contribution in [3.05, 3.63) is 23.8 Å². The van der Waals surface area contributed by atoms with E-state index in [4.69, 9.17) is 9.47 Å². The van der Waals surface area contributed by atoms with Crippen LogP contribution in [0.4, 0.5) is 0 Å². The van der Waals surface area contributed by atoms with Crippen LogP contribution in [0.1, 0.15) is 31.2 Å². The van der Waals surface area contributed by atoms with Gasteiger partial charge in [0.25, 0.3) is 0 Å². The molecule has 0 atom stereocenters. The van der Waals surface area contributed by atoms with Crippen molar-refractivity contribution in [2.45, 2.75) is 38.3 Å². The quantitative estimate of drug-likeness (QED) is 0.646. The van der Waals surface area contributed by atoms with Crippen molar-refractivity contribution in [2.24, 2.45) is 4.99 Å². The Hall–Kier alpha value is -1.91. The zero-order chi connectivity index (χ0) is 15.1. The van der Waals surface area contributed by atoms with Gasteiger partial charge in [0.1, 0.15) is 11.5 Å². The third-order valence-corrected chi connectivity index (χ3v) is 3.86. The summed E-state index contributed by atoms with van der Waals surface area (Å²) in [6, 6.07) is 6.39. The van der Waals surface area contributed by atoms with Crippen LogP contribution in [0.3, 0.4) is 0 Å². The van der Waals surface area contributed by atoms with Gasteiger partial charge in [0, 0.05) is 31.3 Å². The van der Waals surface area contributed by atoms with Crippen LogP contribution in [-0.4, -0.2) is 33.3 Å². The molecule has 0 amide bonds. The highest BCUT2D eigenvalue weighted by atomic mass is 16.5. The summed E-state index contributed by atoms with van der Waals surface area (Å²) in [5.41, 5.74) is 1.08. The molecular formula is C16H25N3O2. The van der Waals surface area contributed by atoms with Gasteiger partial charge in [-0.2, -0.15) is 0 Å². The molecule has 0 radical (unpaired) electrons. The number of methoxy groups -OCH3 is 2. The fourth-order valence-electron chi connectivity index (χ4n) is 2.63. The van der Waals surface area contributed by atoms with E-state index in [0.717, 1.165) is 23.0 Å². The summed E-state index contributed by atoms with van der Waals surface area (Å²) in [7, 11) is 5.12.